The minimum atomic E-state index is -0.0352. The van der Waals surface area contributed by atoms with Crippen molar-refractivity contribution in [1.82, 2.24) is 5.32 Å². The van der Waals surface area contributed by atoms with Gasteiger partial charge in [0.1, 0.15) is 0 Å². The van der Waals surface area contributed by atoms with E-state index in [0.717, 1.165) is 11.1 Å². The van der Waals surface area contributed by atoms with Gasteiger partial charge in [0.2, 0.25) is 5.91 Å². The molecule has 1 N–H and O–H groups in total. The number of rotatable bonds is 6. The Hall–Kier alpha value is -2.49. The van der Waals surface area contributed by atoms with Gasteiger partial charge in [-0.2, -0.15) is 0 Å². The molecule has 0 spiro atoms. The maximum atomic E-state index is 12.4. The van der Waals surface area contributed by atoms with Crippen LogP contribution < -0.4 is 14.8 Å². The number of amides is 1. The highest BCUT2D eigenvalue weighted by Crippen LogP contribution is 2.28. The Bertz CT molecular complexity index is 768. The number of benzene rings is 2. The number of nitrogens with one attached hydrogen (secondary N) is 1. The lowest BCUT2D eigenvalue weighted by Crippen LogP contribution is -2.28. The van der Waals surface area contributed by atoms with E-state index in [0.29, 0.717) is 17.9 Å². The van der Waals surface area contributed by atoms with Crippen molar-refractivity contribution in [3.05, 3.63) is 58.1 Å². The van der Waals surface area contributed by atoms with Crippen LogP contribution in [0.3, 0.4) is 0 Å². The molecule has 0 fully saturated rings. The minimum absolute atomic E-state index is 0.0163. The molecule has 1 amide bonds. The predicted octanol–water partition coefficient (Wildman–Crippen LogP) is 4.05. The molecule has 134 valence electrons. The summed E-state index contributed by atoms with van der Waals surface area (Å²) in [5, 5.41) is 3.09. The molecule has 2 rings (SSSR count). The van der Waals surface area contributed by atoms with Crippen molar-refractivity contribution in [3.63, 3.8) is 0 Å². The molecule has 4 heteroatoms. The first-order valence-electron chi connectivity index (χ1n) is 8.43. The molecule has 0 saturated heterocycles. The fourth-order valence-corrected chi connectivity index (χ4v) is 3.00. The number of carbonyl (C=O) groups excluding carboxylic acids is 1. The molecule has 25 heavy (non-hydrogen) atoms. The lowest BCUT2D eigenvalue weighted by molar-refractivity contribution is -0.121. The topological polar surface area (TPSA) is 47.6 Å². The summed E-state index contributed by atoms with van der Waals surface area (Å²) < 4.78 is 10.5. The number of hydrogen-bond donors (Lipinski definition) is 1. The molecule has 0 heterocycles. The van der Waals surface area contributed by atoms with Crippen LogP contribution in [0.4, 0.5) is 0 Å². The van der Waals surface area contributed by atoms with Crippen LogP contribution in [0.25, 0.3) is 0 Å². The SMILES string of the molecule is COc1ccc(CC(=O)NC(C)c2cc(C)c(C)cc2C)cc1OC. The Kier molecular flexibility index (Phi) is 6.07. The van der Waals surface area contributed by atoms with Gasteiger partial charge in [-0.1, -0.05) is 18.2 Å². The molecule has 2 aromatic carbocycles. The summed E-state index contributed by atoms with van der Waals surface area (Å²) >= 11 is 0. The lowest BCUT2D eigenvalue weighted by atomic mass is 9.96. The Morgan fingerprint density at radius 3 is 2.24 bits per heavy atom. The van der Waals surface area contributed by atoms with Crippen molar-refractivity contribution in [2.45, 2.75) is 40.2 Å². The summed E-state index contributed by atoms with van der Waals surface area (Å²) in [5.41, 5.74) is 5.75. The monoisotopic (exact) mass is 341 g/mol. The van der Waals surface area contributed by atoms with Crippen molar-refractivity contribution in [2.24, 2.45) is 0 Å². The number of ether oxygens (including phenoxy) is 2. The normalized spacial score (nSPS) is 11.8. The molecule has 2 aromatic rings. The third kappa shape index (κ3) is 4.53. The maximum absolute atomic E-state index is 12.4. The van der Waals surface area contributed by atoms with Crippen molar-refractivity contribution < 1.29 is 14.3 Å². The standard InChI is InChI=1S/C21H27NO3/c1-13-9-15(3)18(10-14(13)2)16(4)22-21(23)12-17-7-8-19(24-5)20(11-17)25-6/h7-11,16H,12H2,1-6H3,(H,22,23). The van der Waals surface area contributed by atoms with Crippen LogP contribution in [-0.2, 0) is 11.2 Å². The van der Waals surface area contributed by atoms with E-state index in [1.54, 1.807) is 14.2 Å². The third-order valence-corrected chi connectivity index (χ3v) is 4.54. The quantitative estimate of drug-likeness (QED) is 0.862. The zero-order chi connectivity index (χ0) is 18.6. The second-order valence-electron chi connectivity index (χ2n) is 6.45. The summed E-state index contributed by atoms with van der Waals surface area (Å²) in [6, 6.07) is 9.83. The van der Waals surface area contributed by atoms with Gasteiger partial charge < -0.3 is 14.8 Å². The third-order valence-electron chi connectivity index (χ3n) is 4.54. The number of aryl methyl sites for hydroxylation is 3. The summed E-state index contributed by atoms with van der Waals surface area (Å²) in [6.07, 6.45) is 0.300. The highest BCUT2D eigenvalue weighted by molar-refractivity contribution is 5.79. The number of carbonyl (C=O) groups is 1. The van der Waals surface area contributed by atoms with Crippen LogP contribution in [0.5, 0.6) is 11.5 Å². The van der Waals surface area contributed by atoms with Gasteiger partial charge in [0, 0.05) is 0 Å². The minimum Gasteiger partial charge on any atom is -0.493 e. The van der Waals surface area contributed by atoms with E-state index in [1.807, 2.05) is 25.1 Å². The average molecular weight is 341 g/mol. The van der Waals surface area contributed by atoms with Crippen molar-refractivity contribution in [2.75, 3.05) is 14.2 Å². The molecule has 1 unspecified atom stereocenters. The van der Waals surface area contributed by atoms with Crippen LogP contribution in [0.1, 0.15) is 40.8 Å². The van der Waals surface area contributed by atoms with Crippen molar-refractivity contribution in [1.29, 1.82) is 0 Å². The largest absolute Gasteiger partial charge is 0.493 e. The Morgan fingerprint density at radius 2 is 1.60 bits per heavy atom. The summed E-state index contributed by atoms with van der Waals surface area (Å²) in [7, 11) is 3.18. The molecule has 0 aromatic heterocycles. The second-order valence-corrected chi connectivity index (χ2v) is 6.45. The Labute approximate surface area is 150 Å². The molecule has 0 aliphatic carbocycles. The molecule has 0 radical (unpaired) electrons. The Morgan fingerprint density at radius 1 is 0.960 bits per heavy atom. The molecule has 4 nitrogen and oxygen atoms in total. The Balaban J connectivity index is 2.08. The molecule has 0 aliphatic heterocycles. The van der Waals surface area contributed by atoms with Gasteiger partial charge in [-0.3, -0.25) is 4.79 Å². The van der Waals surface area contributed by atoms with E-state index in [1.165, 1.54) is 16.7 Å². The first-order chi connectivity index (χ1) is 11.8. The molecular weight excluding hydrogens is 314 g/mol. The van der Waals surface area contributed by atoms with Gasteiger partial charge in [0.25, 0.3) is 0 Å². The van der Waals surface area contributed by atoms with E-state index in [2.05, 4.69) is 38.2 Å². The number of hydrogen-bond acceptors (Lipinski definition) is 3. The molecular formula is C21H27NO3. The zero-order valence-corrected chi connectivity index (χ0v) is 15.9. The molecule has 0 aliphatic rings. The van der Waals surface area contributed by atoms with Crippen LogP contribution in [0, 0.1) is 20.8 Å². The second kappa shape index (κ2) is 8.06. The predicted molar refractivity (Wildman–Crippen MR) is 100 cm³/mol. The van der Waals surface area contributed by atoms with E-state index in [-0.39, 0.29) is 11.9 Å². The van der Waals surface area contributed by atoms with Crippen LogP contribution in [0.15, 0.2) is 30.3 Å². The molecule has 0 saturated carbocycles. The smallest absolute Gasteiger partial charge is 0.224 e. The van der Waals surface area contributed by atoms with Crippen LogP contribution >= 0.6 is 0 Å². The lowest BCUT2D eigenvalue weighted by Gasteiger charge is -2.18. The fourth-order valence-electron chi connectivity index (χ4n) is 3.00. The summed E-state index contributed by atoms with van der Waals surface area (Å²) in [5.74, 6) is 1.27. The fraction of sp³-hybridized carbons (Fsp3) is 0.381. The van der Waals surface area contributed by atoms with Gasteiger partial charge in [0.15, 0.2) is 11.5 Å². The van der Waals surface area contributed by atoms with E-state index < -0.39 is 0 Å². The highest BCUT2D eigenvalue weighted by Gasteiger charge is 2.14. The van der Waals surface area contributed by atoms with E-state index >= 15 is 0 Å². The van der Waals surface area contributed by atoms with Gasteiger partial charge in [0.05, 0.1) is 26.7 Å². The van der Waals surface area contributed by atoms with Gasteiger partial charge in [-0.15, -0.1) is 0 Å². The first-order valence-corrected chi connectivity index (χ1v) is 8.43. The van der Waals surface area contributed by atoms with E-state index in [4.69, 9.17) is 9.47 Å². The average Bonchev–Trinajstić information content (AvgIpc) is 2.57. The number of methoxy groups -OCH3 is 2. The van der Waals surface area contributed by atoms with Gasteiger partial charge in [-0.25, -0.2) is 0 Å². The van der Waals surface area contributed by atoms with Gasteiger partial charge in [-0.05, 0) is 67.6 Å². The zero-order valence-electron chi connectivity index (χ0n) is 15.9. The van der Waals surface area contributed by atoms with Crippen molar-refractivity contribution in [3.8, 4) is 11.5 Å². The van der Waals surface area contributed by atoms with Gasteiger partial charge >= 0.3 is 0 Å². The summed E-state index contributed by atoms with van der Waals surface area (Å²) in [4.78, 5) is 12.4. The molecule has 1 atom stereocenters. The summed E-state index contributed by atoms with van der Waals surface area (Å²) in [6.45, 7) is 8.30. The maximum Gasteiger partial charge on any atom is 0.224 e. The van der Waals surface area contributed by atoms with E-state index in [9.17, 15) is 4.79 Å². The first kappa shape index (κ1) is 18.8. The van der Waals surface area contributed by atoms with Crippen LogP contribution in [0.2, 0.25) is 0 Å². The van der Waals surface area contributed by atoms with Crippen molar-refractivity contribution >= 4 is 5.91 Å². The highest BCUT2D eigenvalue weighted by atomic mass is 16.5. The molecule has 0 bridgehead atoms. The van der Waals surface area contributed by atoms with Crippen LogP contribution in [-0.4, -0.2) is 20.1 Å².